The van der Waals surface area contributed by atoms with Gasteiger partial charge in [0.05, 0.1) is 6.20 Å². The van der Waals surface area contributed by atoms with Crippen molar-refractivity contribution in [1.29, 1.82) is 0 Å². The zero-order valence-corrected chi connectivity index (χ0v) is 8.97. The van der Waals surface area contributed by atoms with Gasteiger partial charge in [-0.05, 0) is 18.9 Å². The van der Waals surface area contributed by atoms with Crippen LogP contribution in [0.15, 0.2) is 24.5 Å². The molecule has 3 heterocycles. The molecule has 1 saturated heterocycles. The second kappa shape index (κ2) is 3.63. The molecule has 3 rings (SSSR count). The highest BCUT2D eigenvalue weighted by atomic mass is 16.1. The summed E-state index contributed by atoms with van der Waals surface area (Å²) in [5, 5.41) is 0. The number of hydrogen-bond acceptors (Lipinski definition) is 3. The summed E-state index contributed by atoms with van der Waals surface area (Å²) in [6.07, 6.45) is 6.88. The van der Waals surface area contributed by atoms with E-state index in [4.69, 9.17) is 0 Å². The standard InChI is InChI=1S/C12H13N3O/c16-9-11-8-13-12-7-10(3-6-15(11)12)14-4-1-2-5-14/h3,6-9H,1-2,4-5H2. The molecule has 0 bridgehead atoms. The molecule has 0 saturated carbocycles. The van der Waals surface area contributed by atoms with Gasteiger partial charge in [-0.2, -0.15) is 0 Å². The molecule has 4 heteroatoms. The molecule has 1 aliphatic heterocycles. The predicted molar refractivity (Wildman–Crippen MR) is 62.0 cm³/mol. The van der Waals surface area contributed by atoms with Crippen molar-refractivity contribution in [3.63, 3.8) is 0 Å². The fourth-order valence-electron chi connectivity index (χ4n) is 2.25. The van der Waals surface area contributed by atoms with E-state index in [2.05, 4.69) is 9.88 Å². The highest BCUT2D eigenvalue weighted by Crippen LogP contribution is 2.21. The molecule has 4 nitrogen and oxygen atoms in total. The third-order valence-corrected chi connectivity index (χ3v) is 3.12. The van der Waals surface area contributed by atoms with E-state index in [0.717, 1.165) is 25.0 Å². The third kappa shape index (κ3) is 1.38. The molecule has 2 aromatic rings. The lowest BCUT2D eigenvalue weighted by Crippen LogP contribution is -2.17. The summed E-state index contributed by atoms with van der Waals surface area (Å²) in [7, 11) is 0. The summed E-state index contributed by atoms with van der Waals surface area (Å²) >= 11 is 0. The molecular formula is C12H13N3O. The molecule has 16 heavy (non-hydrogen) atoms. The van der Waals surface area contributed by atoms with E-state index in [-0.39, 0.29) is 0 Å². The Morgan fingerprint density at radius 1 is 1.31 bits per heavy atom. The maximum Gasteiger partial charge on any atom is 0.168 e. The fraction of sp³-hybridized carbons (Fsp3) is 0.333. The van der Waals surface area contributed by atoms with Crippen molar-refractivity contribution in [1.82, 2.24) is 9.38 Å². The van der Waals surface area contributed by atoms with Crippen molar-refractivity contribution in [2.75, 3.05) is 18.0 Å². The molecule has 0 spiro atoms. The summed E-state index contributed by atoms with van der Waals surface area (Å²) in [5.74, 6) is 0. The van der Waals surface area contributed by atoms with Gasteiger partial charge in [-0.25, -0.2) is 4.98 Å². The first kappa shape index (κ1) is 9.39. The number of fused-ring (bicyclic) bond motifs is 1. The molecule has 0 unspecified atom stereocenters. The zero-order valence-electron chi connectivity index (χ0n) is 8.97. The highest BCUT2D eigenvalue weighted by molar-refractivity contribution is 5.74. The van der Waals surface area contributed by atoms with E-state index in [1.54, 1.807) is 6.20 Å². The number of imidazole rings is 1. The number of carbonyl (C=O) groups excluding carboxylic acids is 1. The normalized spacial score (nSPS) is 15.9. The molecule has 0 atom stereocenters. The van der Waals surface area contributed by atoms with Gasteiger partial charge in [0, 0.05) is 31.0 Å². The van der Waals surface area contributed by atoms with Crippen molar-refractivity contribution in [2.45, 2.75) is 12.8 Å². The van der Waals surface area contributed by atoms with E-state index >= 15 is 0 Å². The van der Waals surface area contributed by atoms with Gasteiger partial charge >= 0.3 is 0 Å². The van der Waals surface area contributed by atoms with Crippen molar-refractivity contribution < 1.29 is 4.79 Å². The highest BCUT2D eigenvalue weighted by Gasteiger charge is 2.13. The van der Waals surface area contributed by atoms with Crippen LogP contribution in [0.2, 0.25) is 0 Å². The number of hydrogen-bond donors (Lipinski definition) is 0. The van der Waals surface area contributed by atoms with Crippen LogP contribution in [0.5, 0.6) is 0 Å². The lowest BCUT2D eigenvalue weighted by molar-refractivity contribution is 0.111. The first-order valence-electron chi connectivity index (χ1n) is 5.56. The molecule has 1 aliphatic rings. The average Bonchev–Trinajstić information content (AvgIpc) is 2.97. The summed E-state index contributed by atoms with van der Waals surface area (Å²) < 4.78 is 1.81. The molecule has 1 fully saturated rings. The van der Waals surface area contributed by atoms with Crippen LogP contribution in [0.3, 0.4) is 0 Å². The Bertz CT molecular complexity index is 526. The minimum Gasteiger partial charge on any atom is -0.371 e. The SMILES string of the molecule is O=Cc1cnc2cc(N3CCCC3)ccn12. The summed E-state index contributed by atoms with van der Waals surface area (Å²) in [6, 6.07) is 4.09. The number of aldehydes is 1. The molecule has 0 aliphatic carbocycles. The lowest BCUT2D eigenvalue weighted by atomic mass is 10.3. The van der Waals surface area contributed by atoms with Crippen LogP contribution in [0.1, 0.15) is 23.3 Å². The second-order valence-corrected chi connectivity index (χ2v) is 4.11. The summed E-state index contributed by atoms with van der Waals surface area (Å²) in [5.41, 5.74) is 2.64. The average molecular weight is 215 g/mol. The zero-order chi connectivity index (χ0) is 11.0. The van der Waals surface area contributed by atoms with Crippen LogP contribution < -0.4 is 4.90 Å². The van der Waals surface area contributed by atoms with Gasteiger partial charge in [0.2, 0.25) is 0 Å². The smallest absolute Gasteiger partial charge is 0.168 e. The van der Waals surface area contributed by atoms with E-state index in [1.807, 2.05) is 22.7 Å². The van der Waals surface area contributed by atoms with Crippen LogP contribution in [0, 0.1) is 0 Å². The molecule has 2 aromatic heterocycles. The number of pyridine rings is 1. The Morgan fingerprint density at radius 3 is 2.88 bits per heavy atom. The monoisotopic (exact) mass is 215 g/mol. The molecule has 0 N–H and O–H groups in total. The number of carbonyl (C=O) groups is 1. The minimum atomic E-state index is 0.600. The van der Waals surface area contributed by atoms with Crippen LogP contribution >= 0.6 is 0 Å². The number of aromatic nitrogens is 2. The van der Waals surface area contributed by atoms with E-state index < -0.39 is 0 Å². The molecule has 0 aromatic carbocycles. The van der Waals surface area contributed by atoms with Gasteiger partial charge in [-0.15, -0.1) is 0 Å². The third-order valence-electron chi connectivity index (χ3n) is 3.12. The first-order valence-corrected chi connectivity index (χ1v) is 5.56. The van der Waals surface area contributed by atoms with Crippen LogP contribution in [0.25, 0.3) is 5.65 Å². The molecule has 0 radical (unpaired) electrons. The largest absolute Gasteiger partial charge is 0.371 e. The number of nitrogens with zero attached hydrogens (tertiary/aromatic N) is 3. The Hall–Kier alpha value is -1.84. The van der Waals surface area contributed by atoms with Gasteiger partial charge < -0.3 is 4.90 Å². The minimum absolute atomic E-state index is 0.600. The molecule has 82 valence electrons. The Kier molecular flexibility index (Phi) is 2.13. The maximum atomic E-state index is 10.8. The molecular weight excluding hydrogens is 202 g/mol. The first-order chi connectivity index (χ1) is 7.88. The van der Waals surface area contributed by atoms with Crippen LogP contribution in [0.4, 0.5) is 5.69 Å². The quantitative estimate of drug-likeness (QED) is 0.716. The summed E-state index contributed by atoms with van der Waals surface area (Å²) in [4.78, 5) is 17.3. The number of rotatable bonds is 2. The van der Waals surface area contributed by atoms with Crippen LogP contribution in [-0.2, 0) is 0 Å². The predicted octanol–water partition coefficient (Wildman–Crippen LogP) is 1.75. The van der Waals surface area contributed by atoms with Gasteiger partial charge in [-0.3, -0.25) is 9.20 Å². The Morgan fingerprint density at radius 2 is 2.12 bits per heavy atom. The lowest BCUT2D eigenvalue weighted by Gasteiger charge is -2.17. The van der Waals surface area contributed by atoms with Gasteiger partial charge in [0.25, 0.3) is 0 Å². The number of anilines is 1. The maximum absolute atomic E-state index is 10.8. The summed E-state index contributed by atoms with van der Waals surface area (Å²) in [6.45, 7) is 2.24. The van der Waals surface area contributed by atoms with E-state index in [1.165, 1.54) is 18.5 Å². The Labute approximate surface area is 93.5 Å². The topological polar surface area (TPSA) is 37.6 Å². The van der Waals surface area contributed by atoms with Crippen molar-refractivity contribution in [3.8, 4) is 0 Å². The van der Waals surface area contributed by atoms with E-state index in [9.17, 15) is 4.79 Å². The van der Waals surface area contributed by atoms with Gasteiger partial charge in [-0.1, -0.05) is 0 Å². The van der Waals surface area contributed by atoms with Crippen LogP contribution in [-0.4, -0.2) is 28.8 Å². The van der Waals surface area contributed by atoms with Gasteiger partial charge in [0.1, 0.15) is 11.3 Å². The van der Waals surface area contributed by atoms with Crippen molar-refractivity contribution in [2.24, 2.45) is 0 Å². The second-order valence-electron chi connectivity index (χ2n) is 4.11. The van der Waals surface area contributed by atoms with Crippen molar-refractivity contribution >= 4 is 17.6 Å². The van der Waals surface area contributed by atoms with Gasteiger partial charge in [0.15, 0.2) is 6.29 Å². The molecule has 0 amide bonds. The van der Waals surface area contributed by atoms with E-state index in [0.29, 0.717) is 5.69 Å². The Balaban J connectivity index is 2.05. The van der Waals surface area contributed by atoms with Crippen molar-refractivity contribution in [3.05, 3.63) is 30.2 Å². The fourth-order valence-corrected chi connectivity index (χ4v) is 2.25.